The standard InChI is InChI=1S/C31H34O5/c1-4-21-6-10-24-12-13-25-11-7-22(5-2)19-28(25)30(27(24)18-21)36-17-16-35-26-14-8-23(9-15-26)20-29(34-3)31(32)33/h6-15,18-19,29-30H,4-5,16-17,20H2,1-3H3,(H,32,33). The molecule has 5 heteroatoms. The molecule has 0 heterocycles. The number of ether oxygens (including phenoxy) is 3. The summed E-state index contributed by atoms with van der Waals surface area (Å²) in [5, 5.41) is 9.17. The average Bonchev–Trinajstić information content (AvgIpc) is 3.06. The number of hydrogen-bond acceptors (Lipinski definition) is 4. The highest BCUT2D eigenvalue weighted by atomic mass is 16.5. The van der Waals surface area contributed by atoms with Crippen LogP contribution in [-0.2, 0) is 33.5 Å². The smallest absolute Gasteiger partial charge is 0.333 e. The highest BCUT2D eigenvalue weighted by Crippen LogP contribution is 2.36. The van der Waals surface area contributed by atoms with Gasteiger partial charge in [-0.05, 0) is 63.9 Å². The molecule has 3 aromatic rings. The fraction of sp³-hybridized carbons (Fsp3) is 0.323. The van der Waals surface area contributed by atoms with Crippen LogP contribution in [0.2, 0.25) is 0 Å². The molecule has 1 aliphatic carbocycles. The molecule has 0 fully saturated rings. The number of aryl methyl sites for hydroxylation is 2. The molecular formula is C31H34O5. The van der Waals surface area contributed by atoms with Crippen LogP contribution in [-0.4, -0.2) is 37.5 Å². The molecule has 3 aromatic carbocycles. The van der Waals surface area contributed by atoms with E-state index in [1.54, 1.807) is 0 Å². The third kappa shape index (κ3) is 6.04. The number of hydrogen-bond donors (Lipinski definition) is 1. The highest BCUT2D eigenvalue weighted by molar-refractivity contribution is 5.76. The maximum absolute atomic E-state index is 11.2. The molecule has 188 valence electrons. The molecule has 36 heavy (non-hydrogen) atoms. The van der Waals surface area contributed by atoms with Gasteiger partial charge in [-0.1, -0.05) is 74.5 Å². The predicted octanol–water partition coefficient (Wildman–Crippen LogP) is 6.12. The van der Waals surface area contributed by atoms with E-state index in [9.17, 15) is 9.90 Å². The van der Waals surface area contributed by atoms with E-state index in [1.165, 1.54) is 40.5 Å². The van der Waals surface area contributed by atoms with Gasteiger partial charge in [-0.25, -0.2) is 4.79 Å². The number of methoxy groups -OCH3 is 1. The van der Waals surface area contributed by atoms with Crippen LogP contribution >= 0.6 is 0 Å². The summed E-state index contributed by atoms with van der Waals surface area (Å²) in [6, 6.07) is 20.7. The molecule has 0 bridgehead atoms. The minimum atomic E-state index is -0.969. The molecule has 1 atom stereocenters. The third-order valence-electron chi connectivity index (χ3n) is 6.67. The van der Waals surface area contributed by atoms with Gasteiger partial charge in [0.15, 0.2) is 6.10 Å². The third-order valence-corrected chi connectivity index (χ3v) is 6.67. The van der Waals surface area contributed by atoms with E-state index in [4.69, 9.17) is 14.2 Å². The maximum atomic E-state index is 11.2. The van der Waals surface area contributed by atoms with Crippen molar-refractivity contribution >= 4 is 18.1 Å². The Morgan fingerprint density at radius 3 is 1.89 bits per heavy atom. The van der Waals surface area contributed by atoms with E-state index >= 15 is 0 Å². The molecule has 0 saturated heterocycles. The Kier molecular flexibility index (Phi) is 8.57. The first-order valence-electron chi connectivity index (χ1n) is 12.5. The van der Waals surface area contributed by atoms with Crippen LogP contribution in [0.5, 0.6) is 5.75 Å². The second-order valence-electron chi connectivity index (χ2n) is 8.98. The lowest BCUT2D eigenvalue weighted by Gasteiger charge is -2.22. The molecule has 1 N–H and O–H groups in total. The highest BCUT2D eigenvalue weighted by Gasteiger charge is 2.23. The normalized spacial score (nSPS) is 13.5. The lowest BCUT2D eigenvalue weighted by atomic mass is 9.93. The van der Waals surface area contributed by atoms with Crippen molar-refractivity contribution in [2.75, 3.05) is 20.3 Å². The van der Waals surface area contributed by atoms with Crippen molar-refractivity contribution < 1.29 is 24.1 Å². The lowest BCUT2D eigenvalue weighted by molar-refractivity contribution is -0.148. The fourth-order valence-electron chi connectivity index (χ4n) is 4.51. The summed E-state index contributed by atoms with van der Waals surface area (Å²) in [4.78, 5) is 11.2. The molecule has 0 amide bonds. The van der Waals surface area contributed by atoms with Crippen LogP contribution in [0.1, 0.15) is 58.9 Å². The number of carboxylic acids is 1. The fourth-order valence-corrected chi connectivity index (χ4v) is 4.51. The molecule has 0 saturated carbocycles. The zero-order valence-electron chi connectivity index (χ0n) is 21.2. The second-order valence-corrected chi connectivity index (χ2v) is 8.98. The molecule has 0 aliphatic heterocycles. The van der Waals surface area contributed by atoms with Gasteiger partial charge in [-0.15, -0.1) is 0 Å². The van der Waals surface area contributed by atoms with Crippen molar-refractivity contribution in [1.82, 2.24) is 0 Å². The summed E-state index contributed by atoms with van der Waals surface area (Å²) in [6.45, 7) is 5.18. The van der Waals surface area contributed by atoms with E-state index in [0.29, 0.717) is 19.6 Å². The molecular weight excluding hydrogens is 452 g/mol. The number of carbonyl (C=O) groups is 1. The summed E-state index contributed by atoms with van der Waals surface area (Å²) >= 11 is 0. The maximum Gasteiger partial charge on any atom is 0.333 e. The van der Waals surface area contributed by atoms with Crippen molar-refractivity contribution in [3.05, 3.63) is 99.6 Å². The molecule has 1 aliphatic rings. The number of aliphatic carboxylic acids is 1. The van der Waals surface area contributed by atoms with Crippen molar-refractivity contribution in [2.24, 2.45) is 0 Å². The Balaban J connectivity index is 1.45. The number of fused-ring (bicyclic) bond motifs is 2. The van der Waals surface area contributed by atoms with Gasteiger partial charge < -0.3 is 19.3 Å². The Morgan fingerprint density at radius 1 is 0.833 bits per heavy atom. The van der Waals surface area contributed by atoms with Gasteiger partial charge in [0.2, 0.25) is 0 Å². The number of rotatable bonds is 11. The molecule has 5 nitrogen and oxygen atoms in total. The molecule has 0 radical (unpaired) electrons. The van der Waals surface area contributed by atoms with E-state index in [2.05, 4.69) is 62.4 Å². The first kappa shape index (κ1) is 25.7. The van der Waals surface area contributed by atoms with Crippen LogP contribution in [0.15, 0.2) is 60.7 Å². The molecule has 1 unspecified atom stereocenters. The number of benzene rings is 3. The quantitative estimate of drug-likeness (QED) is 0.331. The van der Waals surface area contributed by atoms with Gasteiger partial charge in [-0.3, -0.25) is 0 Å². The number of carboxylic acid groups (broad SMARTS) is 1. The van der Waals surface area contributed by atoms with Crippen LogP contribution < -0.4 is 4.74 Å². The van der Waals surface area contributed by atoms with Crippen LogP contribution in [0, 0.1) is 0 Å². The van der Waals surface area contributed by atoms with Gasteiger partial charge in [0.05, 0.1) is 6.61 Å². The average molecular weight is 487 g/mol. The predicted molar refractivity (Wildman–Crippen MR) is 142 cm³/mol. The first-order valence-corrected chi connectivity index (χ1v) is 12.5. The second kappa shape index (κ2) is 12.0. The summed E-state index contributed by atoms with van der Waals surface area (Å²) in [5.74, 6) is -0.250. The zero-order chi connectivity index (χ0) is 25.5. The molecule has 0 aromatic heterocycles. The van der Waals surface area contributed by atoms with Crippen LogP contribution in [0.3, 0.4) is 0 Å². The lowest BCUT2D eigenvalue weighted by Crippen LogP contribution is -2.24. The monoisotopic (exact) mass is 486 g/mol. The van der Waals surface area contributed by atoms with Crippen LogP contribution in [0.4, 0.5) is 0 Å². The topological polar surface area (TPSA) is 65.0 Å². The van der Waals surface area contributed by atoms with Gasteiger partial charge in [-0.2, -0.15) is 0 Å². The molecule has 4 rings (SSSR count). The summed E-state index contributed by atoms with van der Waals surface area (Å²) in [6.07, 6.45) is 5.59. The van der Waals surface area contributed by atoms with Gasteiger partial charge in [0.1, 0.15) is 18.5 Å². The Morgan fingerprint density at radius 2 is 1.39 bits per heavy atom. The largest absolute Gasteiger partial charge is 0.491 e. The summed E-state index contributed by atoms with van der Waals surface area (Å²) in [7, 11) is 1.41. The van der Waals surface area contributed by atoms with E-state index in [1.807, 2.05) is 24.3 Å². The first-order chi connectivity index (χ1) is 17.5. The summed E-state index contributed by atoms with van der Waals surface area (Å²) < 4.78 is 17.5. The SMILES string of the molecule is CCc1ccc2c(c1)C(OCCOc1ccc(CC(OC)C(=O)O)cc1)c1cc(CC)ccc1C=C2. The van der Waals surface area contributed by atoms with Crippen molar-refractivity contribution in [3.63, 3.8) is 0 Å². The Labute approximate surface area is 213 Å². The minimum Gasteiger partial charge on any atom is -0.491 e. The van der Waals surface area contributed by atoms with Crippen molar-refractivity contribution in [3.8, 4) is 5.75 Å². The zero-order valence-corrected chi connectivity index (χ0v) is 21.2. The van der Waals surface area contributed by atoms with Gasteiger partial charge in [0.25, 0.3) is 0 Å². The van der Waals surface area contributed by atoms with E-state index < -0.39 is 12.1 Å². The van der Waals surface area contributed by atoms with Crippen molar-refractivity contribution in [1.29, 1.82) is 0 Å². The minimum absolute atomic E-state index is 0.170. The van der Waals surface area contributed by atoms with E-state index in [0.717, 1.165) is 24.2 Å². The Bertz CT molecular complexity index is 1150. The summed E-state index contributed by atoms with van der Waals surface area (Å²) in [5.41, 5.74) is 8.20. The van der Waals surface area contributed by atoms with Gasteiger partial charge in [0, 0.05) is 13.5 Å². The Hall–Kier alpha value is -3.41. The van der Waals surface area contributed by atoms with Gasteiger partial charge >= 0.3 is 5.97 Å². The van der Waals surface area contributed by atoms with Crippen molar-refractivity contribution in [2.45, 2.75) is 45.3 Å². The van der Waals surface area contributed by atoms with Crippen LogP contribution in [0.25, 0.3) is 12.2 Å². The molecule has 0 spiro atoms. The van der Waals surface area contributed by atoms with E-state index in [-0.39, 0.29) is 6.10 Å².